The highest BCUT2D eigenvalue weighted by atomic mass is 16.5. The Balaban J connectivity index is 1.49. The number of hydrogen-bond acceptors (Lipinski definition) is 8. The van der Waals surface area contributed by atoms with Crippen LogP contribution in [-0.4, -0.2) is 63.0 Å². The minimum atomic E-state index is 0.661. The molecule has 2 N–H and O–H groups in total. The van der Waals surface area contributed by atoms with Crippen molar-refractivity contribution in [3.05, 3.63) is 48.5 Å². The molecule has 0 radical (unpaired) electrons. The highest BCUT2D eigenvalue weighted by Gasteiger charge is 2.11. The summed E-state index contributed by atoms with van der Waals surface area (Å²) >= 11 is 0. The highest BCUT2D eigenvalue weighted by molar-refractivity contribution is 5.54. The maximum Gasteiger partial charge on any atom is 0.161 e. The van der Waals surface area contributed by atoms with Gasteiger partial charge in [-0.15, -0.1) is 0 Å². The first-order valence-electron chi connectivity index (χ1n) is 8.88. The van der Waals surface area contributed by atoms with Crippen LogP contribution in [0, 0.1) is 0 Å². The molecule has 4 heterocycles. The molecule has 0 saturated carbocycles. The second kappa shape index (κ2) is 8.11. The minimum absolute atomic E-state index is 0.661. The summed E-state index contributed by atoms with van der Waals surface area (Å²) in [6.07, 6.45) is 5.04. The van der Waals surface area contributed by atoms with Crippen molar-refractivity contribution in [2.45, 2.75) is 6.54 Å². The van der Waals surface area contributed by atoms with Gasteiger partial charge in [0.05, 0.1) is 19.4 Å². The number of rotatable bonds is 6. The minimum Gasteiger partial charge on any atom is -0.379 e. The quantitative estimate of drug-likeness (QED) is 0.681. The van der Waals surface area contributed by atoms with E-state index in [2.05, 4.69) is 35.6 Å². The lowest BCUT2D eigenvalue weighted by molar-refractivity contribution is 0.0342. The summed E-state index contributed by atoms with van der Waals surface area (Å²) in [6, 6.07) is 7.80. The molecule has 9 heteroatoms. The van der Waals surface area contributed by atoms with E-state index in [0.29, 0.717) is 11.6 Å². The van der Waals surface area contributed by atoms with E-state index in [4.69, 9.17) is 4.74 Å². The standard InChI is InChI=1S/C18H22N8O/c1-19-17-3-5-23-26(17)18-11-16(21-13-22-18)24-15-10-14(2-4-20-15)12-25-6-8-27-9-7-25/h2-5,10-11,13,19H,6-9,12H2,1H3,(H,20,21,22,24). The van der Waals surface area contributed by atoms with Gasteiger partial charge in [-0.05, 0) is 17.7 Å². The van der Waals surface area contributed by atoms with E-state index in [9.17, 15) is 0 Å². The number of nitrogens with zero attached hydrogens (tertiary/aromatic N) is 6. The van der Waals surface area contributed by atoms with Gasteiger partial charge in [0.2, 0.25) is 0 Å². The average Bonchev–Trinajstić information content (AvgIpc) is 3.18. The van der Waals surface area contributed by atoms with Crippen LogP contribution in [0.15, 0.2) is 43.0 Å². The fourth-order valence-electron chi connectivity index (χ4n) is 3.00. The molecule has 0 aromatic carbocycles. The number of nitrogens with one attached hydrogen (secondary N) is 2. The van der Waals surface area contributed by atoms with Gasteiger partial charge >= 0.3 is 0 Å². The van der Waals surface area contributed by atoms with Crippen LogP contribution in [0.25, 0.3) is 5.82 Å². The maximum absolute atomic E-state index is 5.41. The van der Waals surface area contributed by atoms with Crippen molar-refractivity contribution in [2.75, 3.05) is 44.0 Å². The van der Waals surface area contributed by atoms with Crippen LogP contribution in [-0.2, 0) is 11.3 Å². The van der Waals surface area contributed by atoms with Crippen molar-refractivity contribution in [2.24, 2.45) is 0 Å². The van der Waals surface area contributed by atoms with Crippen LogP contribution in [0.2, 0.25) is 0 Å². The van der Waals surface area contributed by atoms with Gasteiger partial charge in [0.25, 0.3) is 0 Å². The largest absolute Gasteiger partial charge is 0.379 e. The molecule has 0 spiro atoms. The molecule has 3 aromatic heterocycles. The Bertz CT molecular complexity index is 890. The van der Waals surface area contributed by atoms with Crippen molar-refractivity contribution in [1.29, 1.82) is 0 Å². The molecule has 4 rings (SSSR count). The van der Waals surface area contributed by atoms with Crippen LogP contribution in [0.1, 0.15) is 5.56 Å². The van der Waals surface area contributed by atoms with Crippen LogP contribution in [0.3, 0.4) is 0 Å². The van der Waals surface area contributed by atoms with Gasteiger partial charge in [-0.2, -0.15) is 9.78 Å². The van der Waals surface area contributed by atoms with Gasteiger partial charge in [0.15, 0.2) is 5.82 Å². The van der Waals surface area contributed by atoms with Crippen molar-refractivity contribution in [1.82, 2.24) is 29.6 Å². The second-order valence-electron chi connectivity index (χ2n) is 6.20. The average molecular weight is 366 g/mol. The summed E-state index contributed by atoms with van der Waals surface area (Å²) < 4.78 is 7.12. The van der Waals surface area contributed by atoms with E-state index in [1.165, 1.54) is 11.9 Å². The molecular weight excluding hydrogens is 344 g/mol. The molecule has 9 nitrogen and oxygen atoms in total. The smallest absolute Gasteiger partial charge is 0.161 e. The molecule has 1 fully saturated rings. The van der Waals surface area contributed by atoms with Gasteiger partial charge in [0, 0.05) is 45.0 Å². The van der Waals surface area contributed by atoms with Crippen LogP contribution < -0.4 is 10.6 Å². The van der Waals surface area contributed by atoms with Gasteiger partial charge in [-0.1, -0.05) is 0 Å². The van der Waals surface area contributed by atoms with Crippen LogP contribution in [0.4, 0.5) is 17.5 Å². The first kappa shape index (κ1) is 17.4. The van der Waals surface area contributed by atoms with Crippen LogP contribution in [0.5, 0.6) is 0 Å². The molecule has 1 aliphatic rings. The summed E-state index contributed by atoms with van der Waals surface area (Å²) in [7, 11) is 1.84. The van der Waals surface area contributed by atoms with Crippen molar-refractivity contribution >= 4 is 17.5 Å². The molecule has 1 aliphatic heterocycles. The first-order chi connectivity index (χ1) is 13.3. The summed E-state index contributed by atoms with van der Waals surface area (Å²) in [4.78, 5) is 15.4. The molecule has 0 bridgehead atoms. The summed E-state index contributed by atoms with van der Waals surface area (Å²) in [5.41, 5.74) is 1.20. The van der Waals surface area contributed by atoms with Gasteiger partial charge in [-0.25, -0.2) is 15.0 Å². The molecule has 0 amide bonds. The number of morpholine rings is 1. The van der Waals surface area contributed by atoms with Gasteiger partial charge in [0.1, 0.15) is 23.8 Å². The normalized spacial score (nSPS) is 14.9. The van der Waals surface area contributed by atoms with Gasteiger partial charge < -0.3 is 15.4 Å². The molecule has 0 atom stereocenters. The number of aromatic nitrogens is 5. The molecule has 1 saturated heterocycles. The topological polar surface area (TPSA) is 93.0 Å². The first-order valence-corrected chi connectivity index (χ1v) is 8.88. The molecule has 140 valence electrons. The number of pyridine rings is 1. The third-order valence-electron chi connectivity index (χ3n) is 4.36. The molecule has 0 aliphatic carbocycles. The summed E-state index contributed by atoms with van der Waals surface area (Å²) in [6.45, 7) is 4.38. The van der Waals surface area contributed by atoms with E-state index >= 15 is 0 Å². The zero-order valence-electron chi connectivity index (χ0n) is 15.2. The maximum atomic E-state index is 5.41. The molecular formula is C18H22N8O. The number of anilines is 3. The second-order valence-corrected chi connectivity index (χ2v) is 6.20. The van der Waals surface area contributed by atoms with E-state index in [1.807, 2.05) is 37.5 Å². The van der Waals surface area contributed by atoms with E-state index in [-0.39, 0.29) is 0 Å². The van der Waals surface area contributed by atoms with E-state index < -0.39 is 0 Å². The Labute approximate surface area is 157 Å². The lowest BCUT2D eigenvalue weighted by Crippen LogP contribution is -2.35. The zero-order valence-corrected chi connectivity index (χ0v) is 15.2. The predicted octanol–water partition coefficient (Wildman–Crippen LogP) is 1.67. The predicted molar refractivity (Wildman–Crippen MR) is 102 cm³/mol. The fourth-order valence-corrected chi connectivity index (χ4v) is 3.00. The Morgan fingerprint density at radius 3 is 2.74 bits per heavy atom. The monoisotopic (exact) mass is 366 g/mol. The van der Waals surface area contributed by atoms with E-state index in [0.717, 1.165) is 44.5 Å². The van der Waals surface area contributed by atoms with Crippen molar-refractivity contribution in [3.63, 3.8) is 0 Å². The Hall–Kier alpha value is -3.04. The Kier molecular flexibility index (Phi) is 5.22. The number of ether oxygens (including phenoxy) is 1. The molecule has 3 aromatic rings. The van der Waals surface area contributed by atoms with Gasteiger partial charge in [-0.3, -0.25) is 4.90 Å². The Morgan fingerprint density at radius 2 is 1.89 bits per heavy atom. The SMILES string of the molecule is CNc1ccnn1-c1cc(Nc2cc(CN3CCOCC3)ccn2)ncn1. The summed E-state index contributed by atoms with van der Waals surface area (Å²) in [5, 5.41) is 10.6. The molecule has 0 unspecified atom stereocenters. The highest BCUT2D eigenvalue weighted by Crippen LogP contribution is 2.18. The fraction of sp³-hybridized carbons (Fsp3) is 0.333. The molecule has 27 heavy (non-hydrogen) atoms. The van der Waals surface area contributed by atoms with Crippen molar-refractivity contribution in [3.8, 4) is 5.82 Å². The van der Waals surface area contributed by atoms with E-state index in [1.54, 1.807) is 10.9 Å². The lowest BCUT2D eigenvalue weighted by Gasteiger charge is -2.26. The van der Waals surface area contributed by atoms with Crippen LogP contribution >= 0.6 is 0 Å². The third kappa shape index (κ3) is 4.21. The summed E-state index contributed by atoms with van der Waals surface area (Å²) in [5.74, 6) is 2.94. The lowest BCUT2D eigenvalue weighted by atomic mass is 10.2. The Morgan fingerprint density at radius 1 is 1.04 bits per heavy atom. The zero-order chi connectivity index (χ0) is 18.5. The number of hydrogen-bond donors (Lipinski definition) is 2. The third-order valence-corrected chi connectivity index (χ3v) is 4.36. The van der Waals surface area contributed by atoms with Crippen molar-refractivity contribution < 1.29 is 4.74 Å².